The van der Waals surface area contributed by atoms with Crippen molar-refractivity contribution >= 4 is 29.5 Å². The van der Waals surface area contributed by atoms with Gasteiger partial charge in [-0.2, -0.15) is 0 Å². The van der Waals surface area contributed by atoms with Crippen LogP contribution in [0.1, 0.15) is 21.6 Å². The molecule has 0 spiro atoms. The average molecular weight is 528 g/mol. The predicted octanol–water partition coefficient (Wildman–Crippen LogP) is 6.24. The van der Waals surface area contributed by atoms with Crippen molar-refractivity contribution in [2.24, 2.45) is 0 Å². The fourth-order valence-corrected chi connectivity index (χ4v) is 4.86. The summed E-state index contributed by atoms with van der Waals surface area (Å²) in [5.41, 5.74) is 4.00. The van der Waals surface area contributed by atoms with Gasteiger partial charge >= 0.3 is 0 Å². The molecule has 2 heterocycles. The number of halogens is 2. The molecule has 192 valence electrons. The van der Waals surface area contributed by atoms with E-state index in [1.165, 1.54) is 6.07 Å². The summed E-state index contributed by atoms with van der Waals surface area (Å²) >= 11 is 6.09. The molecule has 0 aliphatic carbocycles. The van der Waals surface area contributed by atoms with Crippen LogP contribution in [0.15, 0.2) is 91.0 Å². The molecule has 7 heteroatoms. The van der Waals surface area contributed by atoms with E-state index < -0.39 is 0 Å². The number of amides is 2. The van der Waals surface area contributed by atoms with E-state index in [9.17, 15) is 14.0 Å². The first-order chi connectivity index (χ1) is 18.4. The summed E-state index contributed by atoms with van der Waals surface area (Å²) in [6.45, 7) is 3.56. The van der Waals surface area contributed by atoms with Gasteiger partial charge in [-0.05, 0) is 54.5 Å². The maximum absolute atomic E-state index is 14.9. The van der Waals surface area contributed by atoms with Gasteiger partial charge in [0.2, 0.25) is 5.91 Å². The Morgan fingerprint density at radius 1 is 0.842 bits per heavy atom. The van der Waals surface area contributed by atoms with Gasteiger partial charge in [0.05, 0.1) is 16.9 Å². The Balaban J connectivity index is 1.37. The first-order valence-electron chi connectivity index (χ1n) is 12.5. The fourth-order valence-electron chi connectivity index (χ4n) is 4.74. The molecule has 4 aromatic rings. The summed E-state index contributed by atoms with van der Waals surface area (Å²) < 4.78 is 16.7. The van der Waals surface area contributed by atoms with Crippen LogP contribution in [0, 0.1) is 12.7 Å². The molecule has 5 rings (SSSR count). The van der Waals surface area contributed by atoms with Crippen molar-refractivity contribution in [1.29, 1.82) is 0 Å². The highest BCUT2D eigenvalue weighted by atomic mass is 35.5. The number of hydrogen-bond donors (Lipinski definition) is 0. The van der Waals surface area contributed by atoms with Crippen LogP contribution in [0.4, 0.5) is 4.39 Å². The van der Waals surface area contributed by atoms with Gasteiger partial charge in [-0.1, -0.05) is 66.2 Å². The Bertz CT molecular complexity index is 1490. The van der Waals surface area contributed by atoms with Crippen LogP contribution >= 0.6 is 11.6 Å². The molecular formula is C31H27ClFN3O2. The standard InChI is InChI=1S/C31H27ClFN3O2/c1-22-26(21-29(24-12-14-25(32)15-13-24)36(22)28-10-6-5-9-27(28)33)31(38)35-19-17-34(18-20-35)30(37)16-11-23-7-3-2-4-8-23/h2-16,21H,17-20H2,1H3/b16-11+. The maximum atomic E-state index is 14.9. The van der Waals surface area contributed by atoms with Gasteiger partial charge in [-0.3, -0.25) is 9.59 Å². The topological polar surface area (TPSA) is 45.6 Å². The molecule has 0 saturated carbocycles. The Morgan fingerprint density at radius 3 is 2.16 bits per heavy atom. The van der Waals surface area contributed by atoms with Crippen LogP contribution < -0.4 is 0 Å². The molecule has 0 atom stereocenters. The van der Waals surface area contributed by atoms with Crippen LogP contribution in [0.25, 0.3) is 23.0 Å². The molecule has 1 aliphatic heterocycles. The third-order valence-corrected chi connectivity index (χ3v) is 7.06. The van der Waals surface area contributed by atoms with Crippen molar-refractivity contribution < 1.29 is 14.0 Å². The number of benzene rings is 3. The minimum Gasteiger partial charge on any atom is -0.336 e. The van der Waals surface area contributed by atoms with Gasteiger partial charge in [0.1, 0.15) is 5.82 Å². The molecule has 1 aliphatic rings. The minimum absolute atomic E-state index is 0.0761. The molecule has 3 aromatic carbocycles. The van der Waals surface area contributed by atoms with E-state index in [1.54, 1.807) is 56.9 Å². The SMILES string of the molecule is Cc1c(C(=O)N2CCN(C(=O)/C=C/c3ccccc3)CC2)cc(-c2ccc(Cl)cc2)n1-c1ccccc1F. The molecule has 0 unspecified atom stereocenters. The molecule has 1 saturated heterocycles. The second-order valence-electron chi connectivity index (χ2n) is 9.18. The summed E-state index contributed by atoms with van der Waals surface area (Å²) in [5, 5.41) is 0.594. The van der Waals surface area contributed by atoms with Crippen molar-refractivity contribution in [1.82, 2.24) is 14.4 Å². The van der Waals surface area contributed by atoms with Gasteiger partial charge in [0, 0.05) is 43.0 Å². The zero-order valence-corrected chi connectivity index (χ0v) is 21.7. The highest BCUT2D eigenvalue weighted by molar-refractivity contribution is 6.30. The Hall–Kier alpha value is -4.16. The maximum Gasteiger partial charge on any atom is 0.255 e. The predicted molar refractivity (Wildman–Crippen MR) is 149 cm³/mol. The van der Waals surface area contributed by atoms with E-state index in [-0.39, 0.29) is 17.6 Å². The highest BCUT2D eigenvalue weighted by Crippen LogP contribution is 2.32. The van der Waals surface area contributed by atoms with Crippen LogP contribution in [0.2, 0.25) is 5.02 Å². The smallest absolute Gasteiger partial charge is 0.255 e. The number of carbonyl (C=O) groups is 2. The zero-order chi connectivity index (χ0) is 26.6. The highest BCUT2D eigenvalue weighted by Gasteiger charge is 2.28. The summed E-state index contributed by atoms with van der Waals surface area (Å²) in [5.74, 6) is -0.594. The van der Waals surface area contributed by atoms with Crippen molar-refractivity contribution in [3.8, 4) is 16.9 Å². The number of aromatic nitrogens is 1. The number of rotatable bonds is 5. The monoisotopic (exact) mass is 527 g/mol. The summed E-state index contributed by atoms with van der Waals surface area (Å²) in [4.78, 5) is 29.8. The molecule has 5 nitrogen and oxygen atoms in total. The van der Waals surface area contributed by atoms with Crippen molar-refractivity contribution in [2.75, 3.05) is 26.2 Å². The third kappa shape index (κ3) is 5.27. The molecule has 0 radical (unpaired) electrons. The molecule has 0 N–H and O–H groups in total. The second-order valence-corrected chi connectivity index (χ2v) is 9.62. The van der Waals surface area contributed by atoms with Gasteiger partial charge < -0.3 is 14.4 Å². The summed E-state index contributed by atoms with van der Waals surface area (Å²) in [6, 6.07) is 25.2. The van der Waals surface area contributed by atoms with Crippen LogP contribution in [-0.4, -0.2) is 52.4 Å². The molecule has 1 fully saturated rings. The fraction of sp³-hybridized carbons (Fsp3) is 0.161. The first kappa shape index (κ1) is 25.5. The van der Waals surface area contributed by atoms with Crippen molar-refractivity contribution in [3.05, 3.63) is 119 Å². The quantitative estimate of drug-likeness (QED) is 0.288. The number of para-hydroxylation sites is 1. The van der Waals surface area contributed by atoms with Gasteiger partial charge in [-0.25, -0.2) is 4.39 Å². The van der Waals surface area contributed by atoms with E-state index in [2.05, 4.69) is 0 Å². The lowest BCUT2D eigenvalue weighted by Crippen LogP contribution is -2.50. The number of carbonyl (C=O) groups excluding carboxylic acids is 2. The third-order valence-electron chi connectivity index (χ3n) is 6.81. The molecule has 2 amide bonds. The molecular weight excluding hydrogens is 501 g/mol. The van der Waals surface area contributed by atoms with E-state index in [0.717, 1.165) is 11.1 Å². The average Bonchev–Trinajstić information content (AvgIpc) is 3.29. The minimum atomic E-state index is -0.379. The van der Waals surface area contributed by atoms with Crippen molar-refractivity contribution in [3.63, 3.8) is 0 Å². The van der Waals surface area contributed by atoms with E-state index >= 15 is 0 Å². The van der Waals surface area contributed by atoms with E-state index in [0.29, 0.717) is 53.8 Å². The number of nitrogens with zero attached hydrogens (tertiary/aromatic N) is 3. The Morgan fingerprint density at radius 2 is 1.47 bits per heavy atom. The van der Waals surface area contributed by atoms with Gasteiger partial charge in [0.15, 0.2) is 0 Å². The Kier molecular flexibility index (Phi) is 7.43. The van der Waals surface area contributed by atoms with Crippen LogP contribution in [0.5, 0.6) is 0 Å². The lowest BCUT2D eigenvalue weighted by atomic mass is 10.1. The summed E-state index contributed by atoms with van der Waals surface area (Å²) in [7, 11) is 0. The first-order valence-corrected chi connectivity index (χ1v) is 12.8. The van der Waals surface area contributed by atoms with E-state index in [1.807, 2.05) is 55.5 Å². The van der Waals surface area contributed by atoms with Crippen molar-refractivity contribution in [2.45, 2.75) is 6.92 Å². The summed E-state index contributed by atoms with van der Waals surface area (Å²) in [6.07, 6.45) is 3.37. The van der Waals surface area contributed by atoms with E-state index in [4.69, 9.17) is 11.6 Å². The number of piperazine rings is 1. The van der Waals surface area contributed by atoms with Crippen LogP contribution in [0.3, 0.4) is 0 Å². The molecule has 38 heavy (non-hydrogen) atoms. The lowest BCUT2D eigenvalue weighted by Gasteiger charge is -2.34. The zero-order valence-electron chi connectivity index (χ0n) is 21.0. The normalized spacial score (nSPS) is 13.8. The number of hydrogen-bond acceptors (Lipinski definition) is 2. The second kappa shape index (κ2) is 11.1. The lowest BCUT2D eigenvalue weighted by molar-refractivity contribution is -0.127. The Labute approximate surface area is 226 Å². The molecule has 0 bridgehead atoms. The largest absolute Gasteiger partial charge is 0.336 e. The van der Waals surface area contributed by atoms with Crippen LogP contribution in [-0.2, 0) is 4.79 Å². The van der Waals surface area contributed by atoms with Gasteiger partial charge in [-0.15, -0.1) is 0 Å². The van der Waals surface area contributed by atoms with Gasteiger partial charge in [0.25, 0.3) is 5.91 Å². The molecule has 1 aromatic heterocycles.